The van der Waals surface area contributed by atoms with E-state index in [1.807, 2.05) is 83.8 Å². The van der Waals surface area contributed by atoms with Gasteiger partial charge in [0.1, 0.15) is 24.7 Å². The number of anilines is 1. The lowest BCUT2D eigenvalue weighted by Gasteiger charge is -2.37. The lowest BCUT2D eigenvalue weighted by molar-refractivity contribution is 0.0746. The zero-order valence-electron chi connectivity index (χ0n) is 20.3. The molecule has 36 heavy (non-hydrogen) atoms. The summed E-state index contributed by atoms with van der Waals surface area (Å²) in [4.78, 5) is 17.1. The van der Waals surface area contributed by atoms with Crippen molar-refractivity contribution in [3.63, 3.8) is 0 Å². The minimum absolute atomic E-state index is 0.0794. The van der Waals surface area contributed by atoms with Crippen LogP contribution in [-0.4, -0.2) is 37.0 Å². The number of hydrogen-bond acceptors (Lipinski definition) is 4. The van der Waals surface area contributed by atoms with E-state index in [0.29, 0.717) is 26.3 Å². The van der Waals surface area contributed by atoms with Crippen molar-refractivity contribution in [1.82, 2.24) is 4.90 Å². The molecule has 182 valence electrons. The molecule has 0 N–H and O–H groups in total. The number of piperazine rings is 1. The van der Waals surface area contributed by atoms with Crippen molar-refractivity contribution in [3.8, 4) is 11.5 Å². The average molecular weight is 479 g/mol. The van der Waals surface area contributed by atoms with Gasteiger partial charge in [0.15, 0.2) is 0 Å². The molecule has 1 fully saturated rings. The summed E-state index contributed by atoms with van der Waals surface area (Å²) >= 11 is 0. The molecule has 5 nitrogen and oxygen atoms in total. The van der Waals surface area contributed by atoms with E-state index in [2.05, 4.69) is 35.2 Å². The molecule has 1 aliphatic rings. The predicted molar refractivity (Wildman–Crippen MR) is 143 cm³/mol. The van der Waals surface area contributed by atoms with E-state index in [0.717, 1.165) is 47.0 Å². The van der Waals surface area contributed by atoms with E-state index in [4.69, 9.17) is 9.47 Å². The Hall–Kier alpha value is -4.25. The van der Waals surface area contributed by atoms with E-state index < -0.39 is 0 Å². The first kappa shape index (κ1) is 23.5. The molecule has 1 aliphatic heterocycles. The van der Waals surface area contributed by atoms with Crippen LogP contribution in [0.3, 0.4) is 0 Å². The van der Waals surface area contributed by atoms with Gasteiger partial charge in [-0.3, -0.25) is 4.79 Å². The second-order valence-electron chi connectivity index (χ2n) is 8.82. The van der Waals surface area contributed by atoms with E-state index in [9.17, 15) is 4.79 Å². The number of nitrogens with zero attached hydrogens (tertiary/aromatic N) is 2. The van der Waals surface area contributed by atoms with Gasteiger partial charge in [0.2, 0.25) is 0 Å². The smallest absolute Gasteiger partial charge is 0.253 e. The van der Waals surface area contributed by atoms with E-state index in [1.165, 1.54) is 0 Å². The van der Waals surface area contributed by atoms with Gasteiger partial charge in [-0.05, 0) is 35.4 Å². The number of rotatable bonds is 8. The molecule has 0 aliphatic carbocycles. The number of hydrogen-bond donors (Lipinski definition) is 0. The van der Waals surface area contributed by atoms with Gasteiger partial charge in [-0.1, -0.05) is 78.9 Å². The number of carbonyl (C=O) groups excluding carboxylic acids is 1. The van der Waals surface area contributed by atoms with E-state index in [1.54, 1.807) is 0 Å². The summed E-state index contributed by atoms with van der Waals surface area (Å²) in [6, 6.07) is 35.8. The van der Waals surface area contributed by atoms with Crippen LogP contribution in [0.5, 0.6) is 11.5 Å². The van der Waals surface area contributed by atoms with Crippen LogP contribution in [0.2, 0.25) is 0 Å². The van der Waals surface area contributed by atoms with Crippen molar-refractivity contribution in [3.05, 3.63) is 126 Å². The molecule has 4 aromatic carbocycles. The lowest BCUT2D eigenvalue weighted by Crippen LogP contribution is -2.48. The predicted octanol–water partition coefficient (Wildman–Crippen LogP) is 5.81. The maximum absolute atomic E-state index is 12.9. The SMILES string of the molecule is O=C(c1ccccc1)N1CCN(c2cc(OCc3ccccc3)ccc2OCc2ccccc2)CC1. The zero-order chi connectivity index (χ0) is 24.6. The van der Waals surface area contributed by atoms with Crippen molar-refractivity contribution in [2.24, 2.45) is 0 Å². The summed E-state index contributed by atoms with van der Waals surface area (Å²) in [7, 11) is 0. The van der Waals surface area contributed by atoms with Crippen molar-refractivity contribution in [1.29, 1.82) is 0 Å². The summed E-state index contributed by atoms with van der Waals surface area (Å²) in [5.41, 5.74) is 3.96. The topological polar surface area (TPSA) is 42.0 Å². The van der Waals surface area contributed by atoms with Gasteiger partial charge in [0.25, 0.3) is 5.91 Å². The van der Waals surface area contributed by atoms with Gasteiger partial charge in [-0.15, -0.1) is 0 Å². The highest BCUT2D eigenvalue weighted by Crippen LogP contribution is 2.34. The normalized spacial score (nSPS) is 13.3. The van der Waals surface area contributed by atoms with Crippen molar-refractivity contribution in [2.75, 3.05) is 31.1 Å². The summed E-state index contributed by atoms with van der Waals surface area (Å²) in [6.45, 7) is 3.75. The lowest BCUT2D eigenvalue weighted by atomic mass is 10.1. The number of ether oxygens (including phenoxy) is 2. The molecule has 1 amide bonds. The zero-order valence-corrected chi connectivity index (χ0v) is 20.3. The third-order valence-electron chi connectivity index (χ3n) is 6.34. The quantitative estimate of drug-likeness (QED) is 0.321. The molecule has 0 aromatic heterocycles. The molecule has 5 heteroatoms. The standard InChI is InChI=1S/C31H30N2O3/c34-31(27-14-8-3-9-15-27)33-20-18-32(19-21-33)29-22-28(35-23-25-10-4-1-5-11-25)16-17-30(29)36-24-26-12-6-2-7-13-26/h1-17,22H,18-21,23-24H2. The van der Waals surface area contributed by atoms with Crippen LogP contribution in [0.15, 0.2) is 109 Å². The van der Waals surface area contributed by atoms with Gasteiger partial charge in [0.05, 0.1) is 5.69 Å². The van der Waals surface area contributed by atoms with Crippen LogP contribution in [-0.2, 0) is 13.2 Å². The van der Waals surface area contributed by atoms with Crippen LogP contribution in [0.1, 0.15) is 21.5 Å². The Morgan fingerprint density at radius 3 is 1.81 bits per heavy atom. The monoisotopic (exact) mass is 478 g/mol. The molecule has 4 aromatic rings. The highest BCUT2D eigenvalue weighted by atomic mass is 16.5. The molecule has 0 radical (unpaired) electrons. The Balaban J connectivity index is 1.31. The first-order valence-corrected chi connectivity index (χ1v) is 12.3. The first-order valence-electron chi connectivity index (χ1n) is 12.3. The summed E-state index contributed by atoms with van der Waals surface area (Å²) in [5, 5.41) is 0. The fourth-order valence-electron chi connectivity index (χ4n) is 4.35. The van der Waals surface area contributed by atoms with Gasteiger partial charge < -0.3 is 19.3 Å². The van der Waals surface area contributed by atoms with Gasteiger partial charge >= 0.3 is 0 Å². The minimum Gasteiger partial charge on any atom is -0.489 e. The fraction of sp³-hybridized carbons (Fsp3) is 0.194. The third-order valence-corrected chi connectivity index (χ3v) is 6.34. The van der Waals surface area contributed by atoms with Gasteiger partial charge in [-0.2, -0.15) is 0 Å². The van der Waals surface area contributed by atoms with Crippen molar-refractivity contribution < 1.29 is 14.3 Å². The van der Waals surface area contributed by atoms with Gasteiger partial charge in [-0.25, -0.2) is 0 Å². The van der Waals surface area contributed by atoms with Crippen LogP contribution >= 0.6 is 0 Å². The largest absolute Gasteiger partial charge is 0.489 e. The Morgan fingerprint density at radius 2 is 1.19 bits per heavy atom. The molecular formula is C31H30N2O3. The van der Waals surface area contributed by atoms with E-state index >= 15 is 0 Å². The highest BCUT2D eigenvalue weighted by Gasteiger charge is 2.24. The van der Waals surface area contributed by atoms with Crippen molar-refractivity contribution in [2.45, 2.75) is 13.2 Å². The molecular weight excluding hydrogens is 448 g/mol. The van der Waals surface area contributed by atoms with E-state index in [-0.39, 0.29) is 5.91 Å². The fourth-order valence-corrected chi connectivity index (χ4v) is 4.35. The third kappa shape index (κ3) is 5.87. The molecule has 0 bridgehead atoms. The molecule has 0 saturated carbocycles. The highest BCUT2D eigenvalue weighted by molar-refractivity contribution is 5.94. The molecule has 1 heterocycles. The Labute approximate surface area is 212 Å². The van der Waals surface area contributed by atoms with Crippen LogP contribution in [0.4, 0.5) is 5.69 Å². The van der Waals surface area contributed by atoms with Crippen molar-refractivity contribution >= 4 is 11.6 Å². The number of benzene rings is 4. The molecule has 5 rings (SSSR count). The van der Waals surface area contributed by atoms with Crippen LogP contribution in [0.25, 0.3) is 0 Å². The Bertz CT molecular complexity index is 1260. The molecule has 0 unspecified atom stereocenters. The maximum atomic E-state index is 12.9. The second-order valence-corrected chi connectivity index (χ2v) is 8.82. The molecule has 0 spiro atoms. The first-order chi connectivity index (χ1) is 17.8. The minimum atomic E-state index is 0.0794. The average Bonchev–Trinajstić information content (AvgIpc) is 2.96. The molecule has 0 atom stereocenters. The summed E-state index contributed by atoms with van der Waals surface area (Å²) in [5.74, 6) is 1.69. The second kappa shape index (κ2) is 11.5. The molecule has 1 saturated heterocycles. The summed E-state index contributed by atoms with van der Waals surface area (Å²) < 4.78 is 12.4. The maximum Gasteiger partial charge on any atom is 0.253 e. The van der Waals surface area contributed by atoms with Crippen LogP contribution < -0.4 is 14.4 Å². The van der Waals surface area contributed by atoms with Gasteiger partial charge in [0, 0.05) is 37.8 Å². The number of amides is 1. The van der Waals surface area contributed by atoms with Crippen LogP contribution in [0, 0.1) is 0 Å². The Kier molecular flexibility index (Phi) is 7.47. The summed E-state index contributed by atoms with van der Waals surface area (Å²) in [6.07, 6.45) is 0. The Morgan fingerprint density at radius 1 is 0.639 bits per heavy atom. The number of carbonyl (C=O) groups is 1.